The summed E-state index contributed by atoms with van der Waals surface area (Å²) in [6, 6.07) is 6.82. The van der Waals surface area contributed by atoms with Gasteiger partial charge >= 0.3 is 6.03 Å². The lowest BCUT2D eigenvalue weighted by atomic mass is 10.1. The molecule has 1 aromatic heterocycles. The molecule has 8 heteroatoms. The van der Waals surface area contributed by atoms with E-state index in [-0.39, 0.29) is 30.0 Å². The van der Waals surface area contributed by atoms with Crippen molar-refractivity contribution in [2.45, 2.75) is 19.9 Å². The second-order valence-corrected chi connectivity index (χ2v) is 6.57. The van der Waals surface area contributed by atoms with Crippen molar-refractivity contribution in [2.75, 3.05) is 26.7 Å². The third kappa shape index (κ3) is 3.84. The van der Waals surface area contributed by atoms with E-state index in [4.69, 9.17) is 0 Å². The lowest BCUT2D eigenvalue weighted by molar-refractivity contribution is -0.127. The van der Waals surface area contributed by atoms with Crippen LogP contribution >= 0.6 is 0 Å². The second-order valence-electron chi connectivity index (χ2n) is 6.57. The minimum Gasteiger partial charge on any atom is -0.343 e. The zero-order valence-corrected chi connectivity index (χ0v) is 15.0. The molecule has 138 valence electrons. The number of carbonyl (C=O) groups excluding carboxylic acids is 2. The number of aromatic nitrogens is 2. The van der Waals surface area contributed by atoms with Gasteiger partial charge in [0, 0.05) is 39.0 Å². The van der Waals surface area contributed by atoms with Crippen molar-refractivity contribution in [3.63, 3.8) is 0 Å². The van der Waals surface area contributed by atoms with Crippen LogP contribution in [0.15, 0.2) is 29.1 Å². The molecule has 1 fully saturated rings. The largest absolute Gasteiger partial charge is 0.343 e. The molecule has 0 spiro atoms. The van der Waals surface area contributed by atoms with Crippen molar-refractivity contribution in [3.05, 3.63) is 40.4 Å². The van der Waals surface area contributed by atoms with Gasteiger partial charge in [0.15, 0.2) is 0 Å². The molecular formula is C18H23N5O3. The summed E-state index contributed by atoms with van der Waals surface area (Å²) in [7, 11) is 1.64. The first-order chi connectivity index (χ1) is 12.5. The minimum atomic E-state index is -0.261. The van der Waals surface area contributed by atoms with Crippen LogP contribution in [0.5, 0.6) is 0 Å². The van der Waals surface area contributed by atoms with E-state index in [1.165, 1.54) is 4.90 Å². The second kappa shape index (κ2) is 7.55. The van der Waals surface area contributed by atoms with Crippen LogP contribution in [0, 0.1) is 5.92 Å². The summed E-state index contributed by atoms with van der Waals surface area (Å²) >= 11 is 0. The topological polar surface area (TPSA) is 98.4 Å². The molecule has 1 aromatic carbocycles. The molecule has 3 amide bonds. The van der Waals surface area contributed by atoms with E-state index in [9.17, 15) is 14.4 Å². The van der Waals surface area contributed by atoms with Gasteiger partial charge in [-0.1, -0.05) is 12.1 Å². The Morgan fingerprint density at radius 2 is 2.15 bits per heavy atom. The Morgan fingerprint density at radius 1 is 1.38 bits per heavy atom. The fourth-order valence-corrected chi connectivity index (χ4v) is 3.17. The maximum absolute atomic E-state index is 12.3. The average Bonchev–Trinajstić information content (AvgIpc) is 2.99. The van der Waals surface area contributed by atoms with E-state index in [2.05, 4.69) is 15.3 Å². The molecule has 8 nitrogen and oxygen atoms in total. The molecule has 1 saturated heterocycles. The summed E-state index contributed by atoms with van der Waals surface area (Å²) < 4.78 is 0. The highest BCUT2D eigenvalue weighted by Gasteiger charge is 2.28. The van der Waals surface area contributed by atoms with E-state index in [1.807, 2.05) is 13.0 Å². The highest BCUT2D eigenvalue weighted by atomic mass is 16.2. The summed E-state index contributed by atoms with van der Waals surface area (Å²) in [5.74, 6) is 0.705. The van der Waals surface area contributed by atoms with E-state index in [0.717, 1.165) is 0 Å². The molecule has 0 radical (unpaired) electrons. The standard InChI is InChI=1S/C18H23N5O3/c1-3-23-10-12(8-16(23)24)9-19-18(26)22(2)11-15-20-14-7-5-4-6-13(14)17(25)21-15/h4-7,12H,3,8-11H2,1-2H3,(H,19,26)(H,20,21,25)/t12-/m0/s1. The molecule has 3 rings (SSSR count). The number of amides is 3. The van der Waals surface area contributed by atoms with Gasteiger partial charge in [-0.2, -0.15) is 0 Å². The number of likely N-dealkylation sites (tertiary alicyclic amines) is 1. The van der Waals surface area contributed by atoms with Crippen LogP contribution < -0.4 is 10.9 Å². The van der Waals surface area contributed by atoms with E-state index in [1.54, 1.807) is 30.1 Å². The fourth-order valence-electron chi connectivity index (χ4n) is 3.17. The Labute approximate surface area is 151 Å². The normalized spacial score (nSPS) is 16.9. The fraction of sp³-hybridized carbons (Fsp3) is 0.444. The summed E-state index contributed by atoms with van der Waals surface area (Å²) in [6.45, 7) is 3.97. The predicted molar refractivity (Wildman–Crippen MR) is 97.6 cm³/mol. The number of nitrogens with zero attached hydrogens (tertiary/aromatic N) is 3. The Balaban J connectivity index is 1.58. The summed E-state index contributed by atoms with van der Waals surface area (Å²) in [6.07, 6.45) is 0.470. The number of para-hydroxylation sites is 1. The van der Waals surface area contributed by atoms with Crippen LogP contribution in [-0.2, 0) is 11.3 Å². The molecule has 1 atom stereocenters. The maximum Gasteiger partial charge on any atom is 0.317 e. The van der Waals surface area contributed by atoms with Gasteiger partial charge in [-0.15, -0.1) is 0 Å². The molecular weight excluding hydrogens is 334 g/mol. The number of hydrogen-bond acceptors (Lipinski definition) is 4. The van der Waals surface area contributed by atoms with Gasteiger partial charge in [0.1, 0.15) is 5.82 Å². The molecule has 2 N–H and O–H groups in total. The monoisotopic (exact) mass is 357 g/mol. The average molecular weight is 357 g/mol. The van der Waals surface area contributed by atoms with Gasteiger partial charge in [-0.05, 0) is 19.1 Å². The van der Waals surface area contributed by atoms with Crippen molar-refractivity contribution >= 4 is 22.8 Å². The van der Waals surface area contributed by atoms with Crippen LogP contribution in [0.1, 0.15) is 19.2 Å². The summed E-state index contributed by atoms with van der Waals surface area (Å²) in [4.78, 5) is 46.5. The Hall–Kier alpha value is -2.90. The lowest BCUT2D eigenvalue weighted by Crippen LogP contribution is -2.40. The van der Waals surface area contributed by atoms with Crippen LogP contribution in [0.2, 0.25) is 0 Å². The zero-order valence-electron chi connectivity index (χ0n) is 15.0. The van der Waals surface area contributed by atoms with E-state index >= 15 is 0 Å². The number of fused-ring (bicyclic) bond motifs is 1. The molecule has 0 bridgehead atoms. The number of hydrogen-bond donors (Lipinski definition) is 2. The summed E-state index contributed by atoms with van der Waals surface area (Å²) in [5.41, 5.74) is 0.382. The van der Waals surface area contributed by atoms with Gasteiger partial charge in [-0.3, -0.25) is 9.59 Å². The number of aromatic amines is 1. The van der Waals surface area contributed by atoms with Gasteiger partial charge in [-0.25, -0.2) is 9.78 Å². The van der Waals surface area contributed by atoms with E-state index < -0.39 is 0 Å². The number of nitrogens with one attached hydrogen (secondary N) is 2. The van der Waals surface area contributed by atoms with Crippen molar-refractivity contribution in [1.29, 1.82) is 0 Å². The molecule has 2 heterocycles. The van der Waals surface area contributed by atoms with Gasteiger partial charge < -0.3 is 20.1 Å². The number of carbonyl (C=O) groups is 2. The number of benzene rings is 1. The molecule has 0 aliphatic carbocycles. The molecule has 1 aliphatic heterocycles. The smallest absolute Gasteiger partial charge is 0.317 e. The van der Waals surface area contributed by atoms with Crippen molar-refractivity contribution in [3.8, 4) is 0 Å². The van der Waals surface area contributed by atoms with Crippen LogP contribution in [0.4, 0.5) is 4.79 Å². The van der Waals surface area contributed by atoms with Crippen molar-refractivity contribution in [2.24, 2.45) is 5.92 Å². The molecule has 2 aromatic rings. The van der Waals surface area contributed by atoms with Crippen LogP contribution in [0.3, 0.4) is 0 Å². The SMILES string of the molecule is CCN1C[C@H](CNC(=O)N(C)Cc2nc3ccccc3c(=O)[nH]2)CC1=O. The molecule has 1 aliphatic rings. The van der Waals surface area contributed by atoms with Crippen LogP contribution in [0.25, 0.3) is 10.9 Å². The highest BCUT2D eigenvalue weighted by molar-refractivity contribution is 5.79. The Kier molecular flexibility index (Phi) is 5.20. The highest BCUT2D eigenvalue weighted by Crippen LogP contribution is 2.16. The van der Waals surface area contributed by atoms with Crippen molar-refractivity contribution in [1.82, 2.24) is 25.1 Å². The Bertz CT molecular complexity index is 879. The first-order valence-corrected chi connectivity index (χ1v) is 8.72. The number of rotatable bonds is 5. The van der Waals surface area contributed by atoms with Gasteiger partial charge in [0.2, 0.25) is 5.91 Å². The summed E-state index contributed by atoms with van der Waals surface area (Å²) in [5, 5.41) is 3.37. The molecule has 0 unspecified atom stereocenters. The van der Waals surface area contributed by atoms with Gasteiger partial charge in [0.05, 0.1) is 17.4 Å². The minimum absolute atomic E-state index is 0.137. The molecule has 26 heavy (non-hydrogen) atoms. The number of urea groups is 1. The Morgan fingerprint density at radius 3 is 2.88 bits per heavy atom. The maximum atomic E-state index is 12.3. The number of H-pyrrole nitrogens is 1. The van der Waals surface area contributed by atoms with Crippen LogP contribution in [-0.4, -0.2) is 58.4 Å². The third-order valence-corrected chi connectivity index (χ3v) is 4.61. The van der Waals surface area contributed by atoms with Crippen molar-refractivity contribution < 1.29 is 9.59 Å². The quantitative estimate of drug-likeness (QED) is 0.832. The lowest BCUT2D eigenvalue weighted by Gasteiger charge is -2.19. The first-order valence-electron chi connectivity index (χ1n) is 8.72. The molecule has 0 saturated carbocycles. The third-order valence-electron chi connectivity index (χ3n) is 4.61. The van der Waals surface area contributed by atoms with Gasteiger partial charge in [0.25, 0.3) is 5.56 Å². The first kappa shape index (κ1) is 17.9. The van der Waals surface area contributed by atoms with E-state index in [0.29, 0.717) is 42.8 Å². The zero-order chi connectivity index (χ0) is 18.7. The predicted octanol–water partition coefficient (Wildman–Crippen LogP) is 0.933.